The smallest absolute Gasteiger partial charge is 0.0618 e. The van der Waals surface area contributed by atoms with E-state index in [9.17, 15) is 0 Å². The van der Waals surface area contributed by atoms with E-state index in [1.807, 2.05) is 0 Å². The molecule has 0 aromatic rings. The Morgan fingerprint density at radius 3 is 2.33 bits per heavy atom. The number of rotatable bonds is 6. The maximum Gasteiger partial charge on any atom is 0.0618 e. The van der Waals surface area contributed by atoms with E-state index in [2.05, 4.69) is 33.0 Å². The van der Waals surface area contributed by atoms with Gasteiger partial charge >= 0.3 is 0 Å². The molecule has 1 aliphatic carbocycles. The summed E-state index contributed by atoms with van der Waals surface area (Å²) < 4.78 is 5.26. The number of methoxy groups -OCH3 is 1. The van der Waals surface area contributed by atoms with Gasteiger partial charge in [-0.3, -0.25) is 0 Å². The summed E-state index contributed by atoms with van der Waals surface area (Å²) in [5.74, 6) is 1.58. The first-order valence-corrected chi connectivity index (χ1v) is 6.17. The first kappa shape index (κ1) is 13.0. The maximum atomic E-state index is 5.26. The second-order valence-corrected chi connectivity index (χ2v) is 6.07. The molecule has 1 rings (SSSR count). The predicted octanol–water partition coefficient (Wildman–Crippen LogP) is 2.68. The van der Waals surface area contributed by atoms with Crippen LogP contribution in [-0.4, -0.2) is 26.3 Å². The van der Waals surface area contributed by atoms with Gasteiger partial charge in [-0.25, -0.2) is 0 Å². The molecule has 2 nitrogen and oxygen atoms in total. The van der Waals surface area contributed by atoms with Crippen LogP contribution in [0.2, 0.25) is 0 Å². The second-order valence-electron chi connectivity index (χ2n) is 6.07. The number of nitrogens with one attached hydrogen (secondary N) is 1. The van der Waals surface area contributed by atoms with Crippen molar-refractivity contribution in [1.29, 1.82) is 0 Å². The number of hydrogen-bond donors (Lipinski definition) is 1. The molecule has 1 aliphatic rings. The third-order valence-corrected chi connectivity index (χ3v) is 3.70. The summed E-state index contributed by atoms with van der Waals surface area (Å²) in [5.41, 5.74) is 0.397. The van der Waals surface area contributed by atoms with Crippen LogP contribution in [0.3, 0.4) is 0 Å². The van der Waals surface area contributed by atoms with Crippen molar-refractivity contribution < 1.29 is 4.74 Å². The van der Waals surface area contributed by atoms with Crippen molar-refractivity contribution in [1.82, 2.24) is 5.32 Å². The Labute approximate surface area is 94.8 Å². The van der Waals surface area contributed by atoms with Crippen LogP contribution in [0.1, 0.15) is 40.5 Å². The molecule has 0 saturated heterocycles. The highest BCUT2D eigenvalue weighted by molar-refractivity contribution is 4.87. The molecule has 2 unspecified atom stereocenters. The van der Waals surface area contributed by atoms with Gasteiger partial charge in [0.15, 0.2) is 0 Å². The van der Waals surface area contributed by atoms with Crippen molar-refractivity contribution in [3.63, 3.8) is 0 Å². The van der Waals surface area contributed by atoms with Gasteiger partial charge < -0.3 is 10.1 Å². The van der Waals surface area contributed by atoms with Crippen LogP contribution in [0.25, 0.3) is 0 Å². The summed E-state index contributed by atoms with van der Waals surface area (Å²) in [5, 5.41) is 3.66. The van der Waals surface area contributed by atoms with E-state index in [0.717, 1.165) is 19.1 Å². The van der Waals surface area contributed by atoms with Crippen molar-refractivity contribution in [2.24, 2.45) is 17.3 Å². The van der Waals surface area contributed by atoms with E-state index in [1.165, 1.54) is 12.8 Å². The van der Waals surface area contributed by atoms with Gasteiger partial charge in [0.1, 0.15) is 0 Å². The topological polar surface area (TPSA) is 21.3 Å². The Balaban J connectivity index is 2.26. The van der Waals surface area contributed by atoms with Gasteiger partial charge in [0.05, 0.1) is 6.61 Å². The Morgan fingerprint density at radius 2 is 1.93 bits per heavy atom. The molecule has 0 aromatic carbocycles. The van der Waals surface area contributed by atoms with Gasteiger partial charge in [0.2, 0.25) is 0 Å². The molecule has 2 atom stereocenters. The molecule has 0 radical (unpaired) electrons. The normalized spacial score (nSPS) is 21.4. The van der Waals surface area contributed by atoms with Crippen LogP contribution >= 0.6 is 0 Å². The van der Waals surface area contributed by atoms with E-state index < -0.39 is 0 Å². The maximum absolute atomic E-state index is 5.26. The summed E-state index contributed by atoms with van der Waals surface area (Å²) in [4.78, 5) is 0. The van der Waals surface area contributed by atoms with E-state index >= 15 is 0 Å². The molecular weight excluding hydrogens is 186 g/mol. The van der Waals surface area contributed by atoms with Crippen molar-refractivity contribution in [3.05, 3.63) is 0 Å². The lowest BCUT2D eigenvalue weighted by molar-refractivity contribution is 0.148. The fourth-order valence-electron chi connectivity index (χ4n) is 1.67. The molecule has 0 aromatic heterocycles. The van der Waals surface area contributed by atoms with Gasteiger partial charge in [-0.15, -0.1) is 0 Å². The van der Waals surface area contributed by atoms with Crippen LogP contribution in [0.4, 0.5) is 0 Å². The quantitative estimate of drug-likeness (QED) is 0.732. The SMILES string of the molecule is COCC(NCC(C)C(C)(C)C)C1CC1. The fraction of sp³-hybridized carbons (Fsp3) is 1.00. The largest absolute Gasteiger partial charge is 0.383 e. The van der Waals surface area contributed by atoms with Crippen LogP contribution < -0.4 is 5.32 Å². The summed E-state index contributed by atoms with van der Waals surface area (Å²) >= 11 is 0. The minimum atomic E-state index is 0.397. The fourth-order valence-corrected chi connectivity index (χ4v) is 1.67. The van der Waals surface area contributed by atoms with Crippen molar-refractivity contribution in [3.8, 4) is 0 Å². The summed E-state index contributed by atoms with van der Waals surface area (Å²) in [7, 11) is 1.80. The monoisotopic (exact) mass is 213 g/mol. The van der Waals surface area contributed by atoms with Crippen molar-refractivity contribution >= 4 is 0 Å². The Kier molecular flexibility index (Phi) is 4.60. The minimum Gasteiger partial charge on any atom is -0.383 e. The molecule has 0 amide bonds. The van der Waals surface area contributed by atoms with Crippen LogP contribution in [0.5, 0.6) is 0 Å². The lowest BCUT2D eigenvalue weighted by Gasteiger charge is -2.29. The zero-order valence-electron chi connectivity index (χ0n) is 11.0. The molecule has 0 spiro atoms. The summed E-state index contributed by atoms with van der Waals surface area (Å²) in [6.07, 6.45) is 2.76. The highest BCUT2D eigenvalue weighted by Crippen LogP contribution is 2.33. The molecule has 1 fully saturated rings. The van der Waals surface area contributed by atoms with Gasteiger partial charge in [-0.05, 0) is 36.6 Å². The van der Waals surface area contributed by atoms with Gasteiger partial charge in [-0.2, -0.15) is 0 Å². The Hall–Kier alpha value is -0.0800. The molecular formula is C13H27NO. The molecule has 0 heterocycles. The minimum absolute atomic E-state index is 0.397. The predicted molar refractivity (Wildman–Crippen MR) is 65.0 cm³/mol. The number of hydrogen-bond acceptors (Lipinski definition) is 2. The lowest BCUT2D eigenvalue weighted by Crippen LogP contribution is -2.40. The third kappa shape index (κ3) is 4.52. The number of ether oxygens (including phenoxy) is 1. The molecule has 0 bridgehead atoms. The average molecular weight is 213 g/mol. The zero-order chi connectivity index (χ0) is 11.5. The first-order valence-electron chi connectivity index (χ1n) is 6.17. The highest BCUT2D eigenvalue weighted by atomic mass is 16.5. The van der Waals surface area contributed by atoms with Crippen LogP contribution in [0.15, 0.2) is 0 Å². The van der Waals surface area contributed by atoms with E-state index in [1.54, 1.807) is 7.11 Å². The Bertz CT molecular complexity index is 181. The van der Waals surface area contributed by atoms with Crippen molar-refractivity contribution in [2.45, 2.75) is 46.6 Å². The lowest BCUT2D eigenvalue weighted by atomic mass is 9.82. The van der Waals surface area contributed by atoms with Crippen molar-refractivity contribution in [2.75, 3.05) is 20.3 Å². The molecule has 90 valence electrons. The summed E-state index contributed by atoms with van der Waals surface area (Å²) in [6, 6.07) is 0.583. The molecule has 1 saturated carbocycles. The van der Waals surface area contributed by atoms with Crippen LogP contribution in [0, 0.1) is 17.3 Å². The standard InChI is InChI=1S/C13H27NO/c1-10(13(2,3)4)8-14-12(9-15-5)11-6-7-11/h10-12,14H,6-9H2,1-5H3. The Morgan fingerprint density at radius 1 is 1.33 bits per heavy atom. The van der Waals surface area contributed by atoms with E-state index in [4.69, 9.17) is 4.74 Å². The third-order valence-electron chi connectivity index (χ3n) is 3.70. The highest BCUT2D eigenvalue weighted by Gasteiger charge is 2.31. The molecule has 2 heteroatoms. The zero-order valence-corrected chi connectivity index (χ0v) is 11.0. The first-order chi connectivity index (χ1) is 6.95. The van der Waals surface area contributed by atoms with Crippen LogP contribution in [-0.2, 0) is 4.74 Å². The second kappa shape index (κ2) is 5.31. The van der Waals surface area contributed by atoms with E-state index in [0.29, 0.717) is 17.4 Å². The van der Waals surface area contributed by atoms with E-state index in [-0.39, 0.29) is 0 Å². The molecule has 0 aliphatic heterocycles. The molecule has 1 N–H and O–H groups in total. The van der Waals surface area contributed by atoms with Gasteiger partial charge in [-0.1, -0.05) is 27.7 Å². The average Bonchev–Trinajstić information content (AvgIpc) is 2.93. The summed E-state index contributed by atoms with van der Waals surface area (Å²) in [6.45, 7) is 11.2. The van der Waals surface area contributed by atoms with Gasteiger partial charge in [0, 0.05) is 13.2 Å². The van der Waals surface area contributed by atoms with Gasteiger partial charge in [0.25, 0.3) is 0 Å². The molecule has 15 heavy (non-hydrogen) atoms.